The van der Waals surface area contributed by atoms with Crippen molar-refractivity contribution in [1.29, 1.82) is 0 Å². The summed E-state index contributed by atoms with van der Waals surface area (Å²) in [5.41, 5.74) is 2.53. The Hall–Kier alpha value is -4.04. The molecule has 0 aliphatic heterocycles. The van der Waals surface area contributed by atoms with Crippen LogP contribution in [0.5, 0.6) is 5.75 Å². The SMILES string of the molecule is CC1(C)C2=C(c3ccc(OS(=O)(=O)C(F)(F)F)cc31)C(C)(C)c1cc(N(c3ccccc3)c3ccccc3)ccc12. The molecule has 210 valence electrons. The van der Waals surface area contributed by atoms with Crippen molar-refractivity contribution in [2.75, 3.05) is 4.90 Å². The highest BCUT2D eigenvalue weighted by atomic mass is 32.2. The van der Waals surface area contributed by atoms with Crippen LogP contribution in [0.4, 0.5) is 30.2 Å². The normalized spacial score (nSPS) is 16.7. The van der Waals surface area contributed by atoms with E-state index in [1.807, 2.05) is 50.2 Å². The van der Waals surface area contributed by atoms with E-state index in [1.165, 1.54) is 12.1 Å². The molecule has 0 unspecified atom stereocenters. The number of nitrogens with zero attached hydrogens (tertiary/aromatic N) is 1. The van der Waals surface area contributed by atoms with Gasteiger partial charge in [-0.2, -0.15) is 21.6 Å². The fraction of sp³-hybridized carbons (Fsp3) is 0.212. The average molecular weight is 576 g/mol. The van der Waals surface area contributed by atoms with Crippen molar-refractivity contribution in [2.24, 2.45) is 0 Å². The smallest absolute Gasteiger partial charge is 0.376 e. The van der Waals surface area contributed by atoms with Crippen molar-refractivity contribution in [1.82, 2.24) is 0 Å². The highest BCUT2D eigenvalue weighted by Crippen LogP contribution is 2.63. The zero-order valence-corrected chi connectivity index (χ0v) is 23.8. The third kappa shape index (κ3) is 4.15. The van der Waals surface area contributed by atoms with Gasteiger partial charge in [-0.3, -0.25) is 0 Å². The third-order valence-corrected chi connectivity index (χ3v) is 9.13. The summed E-state index contributed by atoms with van der Waals surface area (Å²) < 4.78 is 66.8. The molecule has 0 saturated heterocycles. The van der Waals surface area contributed by atoms with Gasteiger partial charge >= 0.3 is 15.6 Å². The summed E-state index contributed by atoms with van der Waals surface area (Å²) in [4.78, 5) is 2.21. The lowest BCUT2D eigenvalue weighted by Crippen LogP contribution is -2.28. The number of halogens is 3. The maximum atomic E-state index is 13.0. The molecular formula is C33H28F3NO3S. The van der Waals surface area contributed by atoms with Gasteiger partial charge in [0, 0.05) is 27.9 Å². The van der Waals surface area contributed by atoms with Crippen LogP contribution in [-0.4, -0.2) is 13.9 Å². The molecule has 2 aliphatic carbocycles. The van der Waals surface area contributed by atoms with Gasteiger partial charge in [-0.15, -0.1) is 0 Å². The maximum Gasteiger partial charge on any atom is 0.534 e. The van der Waals surface area contributed by atoms with Crippen molar-refractivity contribution in [3.8, 4) is 5.75 Å². The number of para-hydroxylation sites is 2. The van der Waals surface area contributed by atoms with Gasteiger partial charge in [0.05, 0.1) is 0 Å². The van der Waals surface area contributed by atoms with E-state index in [1.54, 1.807) is 6.07 Å². The van der Waals surface area contributed by atoms with Crippen molar-refractivity contribution in [3.63, 3.8) is 0 Å². The van der Waals surface area contributed by atoms with Gasteiger partial charge in [-0.1, -0.05) is 76.2 Å². The van der Waals surface area contributed by atoms with E-state index in [2.05, 4.69) is 65.4 Å². The summed E-state index contributed by atoms with van der Waals surface area (Å²) in [6.07, 6.45) is 0. The van der Waals surface area contributed by atoms with E-state index < -0.39 is 26.5 Å². The van der Waals surface area contributed by atoms with Crippen LogP contribution < -0.4 is 9.08 Å². The zero-order chi connectivity index (χ0) is 29.4. The standard InChI is InChI=1S/C33H28F3NO3S/c1-31(2)27-19-23(37(21-11-7-5-8-12-21)22-13-9-6-10-14-22)15-17-25(27)29-30(31)26-18-16-24(20-28(26)32(29,3)4)40-41(38,39)33(34,35)36/h5-20H,1-4H3. The molecule has 4 aromatic carbocycles. The predicted molar refractivity (Wildman–Crippen MR) is 156 cm³/mol. The van der Waals surface area contributed by atoms with Gasteiger partial charge in [-0.05, 0) is 81.9 Å². The lowest BCUT2D eigenvalue weighted by molar-refractivity contribution is -0.0500. The monoisotopic (exact) mass is 575 g/mol. The van der Waals surface area contributed by atoms with Gasteiger partial charge in [0.2, 0.25) is 0 Å². The van der Waals surface area contributed by atoms with Gasteiger partial charge in [0.1, 0.15) is 5.75 Å². The number of benzene rings is 4. The summed E-state index contributed by atoms with van der Waals surface area (Å²) in [6, 6.07) is 31.1. The van der Waals surface area contributed by atoms with Gasteiger partial charge < -0.3 is 9.08 Å². The van der Waals surface area contributed by atoms with E-state index >= 15 is 0 Å². The third-order valence-electron chi connectivity index (χ3n) is 8.16. The first kappa shape index (κ1) is 27.1. The Morgan fingerprint density at radius 2 is 1.10 bits per heavy atom. The van der Waals surface area contributed by atoms with Crippen molar-refractivity contribution in [2.45, 2.75) is 44.0 Å². The molecule has 0 N–H and O–H groups in total. The second kappa shape index (κ2) is 8.98. The number of alkyl halides is 3. The molecule has 6 rings (SSSR count). The Balaban J connectivity index is 1.45. The molecule has 0 bridgehead atoms. The number of anilines is 3. The minimum atomic E-state index is -5.77. The van der Waals surface area contributed by atoms with Crippen LogP contribution >= 0.6 is 0 Å². The number of rotatable bonds is 5. The molecule has 4 nitrogen and oxygen atoms in total. The van der Waals surface area contributed by atoms with Crippen molar-refractivity contribution >= 4 is 38.3 Å². The number of allylic oxidation sites excluding steroid dienone is 2. The zero-order valence-electron chi connectivity index (χ0n) is 23.0. The molecule has 0 amide bonds. The van der Waals surface area contributed by atoms with Crippen molar-refractivity contribution in [3.05, 3.63) is 119 Å². The fourth-order valence-corrected chi connectivity index (χ4v) is 6.78. The topological polar surface area (TPSA) is 46.6 Å². The van der Waals surface area contributed by atoms with Crippen LogP contribution in [0.2, 0.25) is 0 Å². The molecule has 2 aliphatic rings. The Morgan fingerprint density at radius 1 is 0.634 bits per heavy atom. The Kier molecular flexibility index (Phi) is 5.95. The van der Waals surface area contributed by atoms with Crippen LogP contribution in [-0.2, 0) is 20.9 Å². The van der Waals surface area contributed by atoms with Gasteiger partial charge in [-0.25, -0.2) is 0 Å². The highest BCUT2D eigenvalue weighted by molar-refractivity contribution is 7.88. The Bertz CT molecular complexity index is 1770. The quantitative estimate of drug-likeness (QED) is 0.176. The van der Waals surface area contributed by atoms with Crippen LogP contribution in [0, 0.1) is 0 Å². The van der Waals surface area contributed by atoms with Gasteiger partial charge in [0.25, 0.3) is 0 Å². The first-order valence-corrected chi connectivity index (χ1v) is 14.6. The Morgan fingerprint density at radius 3 is 1.59 bits per heavy atom. The number of hydrogen-bond acceptors (Lipinski definition) is 4. The first-order valence-electron chi connectivity index (χ1n) is 13.2. The fourth-order valence-electron chi connectivity index (χ4n) is 6.33. The molecular weight excluding hydrogens is 547 g/mol. The van der Waals surface area contributed by atoms with E-state index in [0.29, 0.717) is 0 Å². The molecule has 0 saturated carbocycles. The van der Waals surface area contributed by atoms with E-state index in [9.17, 15) is 21.6 Å². The lowest BCUT2D eigenvalue weighted by Gasteiger charge is -2.31. The second-order valence-electron chi connectivity index (χ2n) is 11.4. The largest absolute Gasteiger partial charge is 0.534 e. The maximum absolute atomic E-state index is 13.0. The molecule has 0 radical (unpaired) electrons. The summed E-state index contributed by atoms with van der Waals surface area (Å²) in [5.74, 6) is -0.356. The summed E-state index contributed by atoms with van der Waals surface area (Å²) in [5, 5.41) is 0. The summed E-state index contributed by atoms with van der Waals surface area (Å²) >= 11 is 0. The first-order chi connectivity index (χ1) is 19.2. The average Bonchev–Trinajstić information content (AvgIpc) is 3.30. The summed E-state index contributed by atoms with van der Waals surface area (Å²) in [7, 11) is -5.77. The predicted octanol–water partition coefficient (Wildman–Crippen LogP) is 8.88. The number of hydrogen-bond donors (Lipinski definition) is 0. The Labute approximate surface area is 237 Å². The molecule has 41 heavy (non-hydrogen) atoms. The highest BCUT2D eigenvalue weighted by Gasteiger charge is 2.51. The van der Waals surface area contributed by atoms with E-state index in [4.69, 9.17) is 0 Å². The molecule has 8 heteroatoms. The molecule has 4 aromatic rings. The van der Waals surface area contributed by atoms with Crippen LogP contribution in [0.3, 0.4) is 0 Å². The minimum Gasteiger partial charge on any atom is -0.376 e. The summed E-state index contributed by atoms with van der Waals surface area (Å²) in [6.45, 7) is 8.32. The second-order valence-corrected chi connectivity index (χ2v) is 13.0. The molecule has 0 atom stereocenters. The van der Waals surface area contributed by atoms with E-state index in [0.717, 1.165) is 50.5 Å². The van der Waals surface area contributed by atoms with Crippen LogP contribution in [0.25, 0.3) is 11.1 Å². The van der Waals surface area contributed by atoms with Crippen LogP contribution in [0.15, 0.2) is 97.1 Å². The lowest BCUT2D eigenvalue weighted by atomic mass is 9.75. The van der Waals surface area contributed by atoms with E-state index in [-0.39, 0.29) is 5.75 Å². The molecule has 0 fully saturated rings. The number of fused-ring (bicyclic) bond motifs is 4. The molecule has 0 spiro atoms. The minimum absolute atomic E-state index is 0.356. The van der Waals surface area contributed by atoms with Crippen molar-refractivity contribution < 1.29 is 25.8 Å². The van der Waals surface area contributed by atoms with Gasteiger partial charge in [0.15, 0.2) is 0 Å². The molecule has 0 aromatic heterocycles. The van der Waals surface area contributed by atoms with Crippen LogP contribution in [0.1, 0.15) is 49.9 Å². The molecule has 0 heterocycles.